The van der Waals surface area contributed by atoms with E-state index in [-0.39, 0.29) is 17.9 Å². The van der Waals surface area contributed by atoms with E-state index in [1.165, 1.54) is 12.8 Å². The molecular formula is C20H36O4. The quantitative estimate of drug-likeness (QED) is 0.723. The molecule has 0 spiro atoms. The standard InChI is InChI=1S/C20H36O4/c1-17(2)8-6-9-18(3)14(17)7-10-19(4)16(18)13(22)11-20(5,24-19)15(23)12-21/h13-16,21-23H,6-12H2,1-5H3/t13-,14-,15-,16+,18+,19-,20+/m1/s1. The fourth-order valence-corrected chi connectivity index (χ4v) is 7.01. The van der Waals surface area contributed by atoms with Crippen LogP contribution in [0.1, 0.15) is 73.1 Å². The summed E-state index contributed by atoms with van der Waals surface area (Å²) >= 11 is 0. The van der Waals surface area contributed by atoms with E-state index in [0.717, 1.165) is 19.3 Å². The van der Waals surface area contributed by atoms with Crippen LogP contribution in [0.4, 0.5) is 0 Å². The molecule has 2 saturated carbocycles. The summed E-state index contributed by atoms with van der Waals surface area (Å²) in [6, 6.07) is 0. The first-order chi connectivity index (χ1) is 11.0. The first-order valence-corrected chi connectivity index (χ1v) is 9.66. The lowest BCUT2D eigenvalue weighted by Crippen LogP contribution is -2.69. The van der Waals surface area contributed by atoms with Gasteiger partial charge in [0.15, 0.2) is 0 Å². The lowest BCUT2D eigenvalue weighted by Gasteiger charge is -2.66. The van der Waals surface area contributed by atoms with Crippen molar-refractivity contribution in [2.75, 3.05) is 6.61 Å². The molecular weight excluding hydrogens is 304 g/mol. The molecule has 4 nitrogen and oxygen atoms in total. The Kier molecular flexibility index (Phi) is 4.40. The minimum Gasteiger partial charge on any atom is -0.394 e. The number of rotatable bonds is 2. The van der Waals surface area contributed by atoms with Crippen LogP contribution in [0.5, 0.6) is 0 Å². The van der Waals surface area contributed by atoms with Gasteiger partial charge in [0.2, 0.25) is 0 Å². The zero-order valence-corrected chi connectivity index (χ0v) is 16.0. The molecule has 1 heterocycles. The molecule has 140 valence electrons. The fraction of sp³-hybridized carbons (Fsp3) is 1.00. The highest BCUT2D eigenvalue weighted by Gasteiger charge is 2.65. The van der Waals surface area contributed by atoms with Crippen LogP contribution in [0.3, 0.4) is 0 Å². The van der Waals surface area contributed by atoms with Gasteiger partial charge in [-0.25, -0.2) is 0 Å². The van der Waals surface area contributed by atoms with Gasteiger partial charge in [-0.3, -0.25) is 0 Å². The molecule has 0 aromatic carbocycles. The largest absolute Gasteiger partial charge is 0.394 e. The number of ether oxygens (including phenoxy) is 1. The maximum atomic E-state index is 11.2. The average Bonchev–Trinajstić information content (AvgIpc) is 2.43. The third-order valence-electron chi connectivity index (χ3n) is 7.92. The second kappa shape index (κ2) is 5.67. The Balaban J connectivity index is 1.97. The van der Waals surface area contributed by atoms with Crippen molar-refractivity contribution in [1.29, 1.82) is 0 Å². The number of aliphatic hydroxyl groups is 3. The van der Waals surface area contributed by atoms with E-state index in [1.54, 1.807) is 0 Å². The van der Waals surface area contributed by atoms with Gasteiger partial charge in [0.25, 0.3) is 0 Å². The molecule has 2 aliphatic carbocycles. The van der Waals surface area contributed by atoms with Crippen molar-refractivity contribution in [1.82, 2.24) is 0 Å². The van der Waals surface area contributed by atoms with E-state index in [9.17, 15) is 15.3 Å². The van der Waals surface area contributed by atoms with Gasteiger partial charge >= 0.3 is 0 Å². The summed E-state index contributed by atoms with van der Waals surface area (Å²) in [5, 5.41) is 30.8. The maximum absolute atomic E-state index is 11.2. The summed E-state index contributed by atoms with van der Waals surface area (Å²) in [6.07, 6.45) is 4.54. The predicted molar refractivity (Wildman–Crippen MR) is 93.6 cm³/mol. The Labute approximate surface area is 146 Å². The van der Waals surface area contributed by atoms with Crippen molar-refractivity contribution in [3.05, 3.63) is 0 Å². The molecule has 0 amide bonds. The molecule has 3 N–H and O–H groups in total. The topological polar surface area (TPSA) is 69.9 Å². The zero-order valence-electron chi connectivity index (χ0n) is 16.0. The van der Waals surface area contributed by atoms with Crippen LogP contribution in [0.2, 0.25) is 0 Å². The Hall–Kier alpha value is -0.160. The second-order valence-electron chi connectivity index (χ2n) is 10.1. The Bertz CT molecular complexity index is 492. The molecule has 3 aliphatic rings. The van der Waals surface area contributed by atoms with E-state index >= 15 is 0 Å². The molecule has 4 heteroatoms. The highest BCUT2D eigenvalue weighted by atomic mass is 16.5. The molecule has 24 heavy (non-hydrogen) atoms. The molecule has 3 rings (SSSR count). The molecule has 0 bridgehead atoms. The third-order valence-corrected chi connectivity index (χ3v) is 7.92. The summed E-state index contributed by atoms with van der Waals surface area (Å²) in [5.74, 6) is 0.685. The van der Waals surface area contributed by atoms with Crippen molar-refractivity contribution in [2.24, 2.45) is 22.7 Å². The summed E-state index contributed by atoms with van der Waals surface area (Å²) in [7, 11) is 0. The minimum atomic E-state index is -0.960. The maximum Gasteiger partial charge on any atom is 0.106 e. The van der Waals surface area contributed by atoms with Gasteiger partial charge in [0, 0.05) is 12.3 Å². The Morgan fingerprint density at radius 2 is 1.75 bits per heavy atom. The van der Waals surface area contributed by atoms with Crippen LogP contribution in [0.25, 0.3) is 0 Å². The van der Waals surface area contributed by atoms with Gasteiger partial charge in [-0.05, 0) is 56.3 Å². The molecule has 7 atom stereocenters. The van der Waals surface area contributed by atoms with Gasteiger partial charge in [-0.2, -0.15) is 0 Å². The minimum absolute atomic E-state index is 0.0691. The van der Waals surface area contributed by atoms with E-state index in [2.05, 4.69) is 27.7 Å². The van der Waals surface area contributed by atoms with Crippen molar-refractivity contribution >= 4 is 0 Å². The molecule has 0 unspecified atom stereocenters. The number of hydrogen-bond donors (Lipinski definition) is 3. The third kappa shape index (κ3) is 2.56. The van der Waals surface area contributed by atoms with Crippen LogP contribution in [-0.4, -0.2) is 45.3 Å². The fourth-order valence-electron chi connectivity index (χ4n) is 7.01. The van der Waals surface area contributed by atoms with Crippen molar-refractivity contribution < 1.29 is 20.1 Å². The summed E-state index contributed by atoms with van der Waals surface area (Å²) < 4.78 is 6.50. The number of aliphatic hydroxyl groups excluding tert-OH is 3. The zero-order chi connectivity index (χ0) is 18.0. The highest BCUT2D eigenvalue weighted by molar-refractivity contribution is 5.13. The number of fused-ring (bicyclic) bond motifs is 3. The Morgan fingerprint density at radius 1 is 1.08 bits per heavy atom. The van der Waals surface area contributed by atoms with Gasteiger partial charge in [-0.15, -0.1) is 0 Å². The SMILES string of the molecule is CC1(C)CCC[C@@]2(C)[C@@H]1CC[C@@]1(C)O[C@](C)([C@H](O)CO)C[C@@H](O)[C@@H]21. The van der Waals surface area contributed by atoms with Gasteiger partial charge in [-0.1, -0.05) is 27.2 Å². The van der Waals surface area contributed by atoms with Crippen molar-refractivity contribution in [2.45, 2.75) is 96.6 Å². The van der Waals surface area contributed by atoms with E-state index in [4.69, 9.17) is 4.74 Å². The first kappa shape index (κ1) is 18.6. The number of hydrogen-bond acceptors (Lipinski definition) is 4. The monoisotopic (exact) mass is 340 g/mol. The predicted octanol–water partition coefficient (Wildman–Crippen LogP) is 2.88. The molecule has 0 radical (unpaired) electrons. The molecule has 0 aromatic heterocycles. The lowest BCUT2D eigenvalue weighted by molar-refractivity contribution is -0.314. The van der Waals surface area contributed by atoms with Crippen LogP contribution < -0.4 is 0 Å². The van der Waals surface area contributed by atoms with Gasteiger partial charge in [0.1, 0.15) is 6.10 Å². The van der Waals surface area contributed by atoms with Crippen LogP contribution in [0.15, 0.2) is 0 Å². The van der Waals surface area contributed by atoms with E-state index in [1.807, 2.05) is 6.92 Å². The highest BCUT2D eigenvalue weighted by Crippen LogP contribution is 2.65. The average molecular weight is 341 g/mol. The van der Waals surface area contributed by atoms with E-state index < -0.39 is 23.4 Å². The van der Waals surface area contributed by atoms with Crippen molar-refractivity contribution in [3.63, 3.8) is 0 Å². The van der Waals surface area contributed by atoms with Crippen molar-refractivity contribution in [3.8, 4) is 0 Å². The smallest absolute Gasteiger partial charge is 0.106 e. The Morgan fingerprint density at radius 3 is 2.38 bits per heavy atom. The summed E-state index contributed by atoms with van der Waals surface area (Å²) in [5.41, 5.74) is -0.951. The first-order valence-electron chi connectivity index (χ1n) is 9.66. The van der Waals surface area contributed by atoms with Crippen LogP contribution >= 0.6 is 0 Å². The van der Waals surface area contributed by atoms with Gasteiger partial charge in [0.05, 0.1) is 23.9 Å². The van der Waals surface area contributed by atoms with Gasteiger partial charge < -0.3 is 20.1 Å². The molecule has 3 fully saturated rings. The molecule has 1 aliphatic heterocycles. The lowest BCUT2D eigenvalue weighted by atomic mass is 9.44. The summed E-state index contributed by atoms with van der Waals surface area (Å²) in [4.78, 5) is 0. The molecule has 1 saturated heterocycles. The van der Waals surface area contributed by atoms with Crippen LogP contribution in [-0.2, 0) is 4.74 Å². The van der Waals surface area contributed by atoms with Crippen LogP contribution in [0, 0.1) is 22.7 Å². The normalized spacial score (nSPS) is 52.2. The summed E-state index contributed by atoms with van der Waals surface area (Å²) in [6.45, 7) is 10.7. The molecule has 0 aromatic rings. The second-order valence-corrected chi connectivity index (χ2v) is 10.1. The van der Waals surface area contributed by atoms with E-state index in [0.29, 0.717) is 17.8 Å².